The second-order valence-electron chi connectivity index (χ2n) is 6.84. The number of nitriles is 1. The van der Waals surface area contributed by atoms with Crippen LogP contribution in [0.4, 0.5) is 0 Å². The predicted octanol–water partition coefficient (Wildman–Crippen LogP) is 1.64. The minimum atomic E-state index is -0.641. The van der Waals surface area contributed by atoms with Gasteiger partial charge in [-0.15, -0.1) is 0 Å². The molecule has 0 fully saturated rings. The molecular formula is C20H22N4O3. The summed E-state index contributed by atoms with van der Waals surface area (Å²) in [5.41, 5.74) is 7.79. The summed E-state index contributed by atoms with van der Waals surface area (Å²) in [6.07, 6.45) is 0. The number of nitrogens with two attached hydrogens (primary N) is 1. The maximum absolute atomic E-state index is 13.3. The first kappa shape index (κ1) is 18.5. The normalized spacial score (nSPS) is 16.0. The Hall–Kier alpha value is -3.24. The molecule has 0 radical (unpaired) electrons. The molecule has 2 heterocycles. The first-order valence-electron chi connectivity index (χ1n) is 8.59. The molecule has 0 amide bonds. The molecule has 1 atom stereocenters. The van der Waals surface area contributed by atoms with Crippen LogP contribution >= 0.6 is 0 Å². The fourth-order valence-electron chi connectivity index (χ4n) is 3.26. The molecule has 1 aromatic carbocycles. The third-order valence-electron chi connectivity index (χ3n) is 4.69. The van der Waals surface area contributed by atoms with E-state index >= 15 is 0 Å². The third-order valence-corrected chi connectivity index (χ3v) is 4.69. The zero-order chi connectivity index (χ0) is 19.7. The van der Waals surface area contributed by atoms with Gasteiger partial charge in [0, 0.05) is 24.8 Å². The van der Waals surface area contributed by atoms with Crippen molar-refractivity contribution in [3.63, 3.8) is 0 Å². The largest absolute Gasteiger partial charge is 0.508 e. The topological polar surface area (TPSA) is 105 Å². The van der Waals surface area contributed by atoms with E-state index in [-0.39, 0.29) is 22.8 Å². The fraction of sp³-hybridized carbons (Fsp3) is 0.300. The van der Waals surface area contributed by atoms with Gasteiger partial charge in [0.25, 0.3) is 5.56 Å². The molecule has 1 aliphatic heterocycles. The van der Waals surface area contributed by atoms with E-state index in [1.807, 2.05) is 25.9 Å². The average molecular weight is 366 g/mol. The number of fused-ring (bicyclic) bond motifs is 1. The SMILES string of the molecule is Cc1cc2c(c(=O)n1CCN(C)C)C(c1ccc(O)cc1)C(C#N)=C(N)O2. The highest BCUT2D eigenvalue weighted by molar-refractivity contribution is 5.55. The lowest BCUT2D eigenvalue weighted by Gasteiger charge is -2.27. The lowest BCUT2D eigenvalue weighted by Crippen LogP contribution is -2.34. The van der Waals surface area contributed by atoms with Gasteiger partial charge in [0.05, 0.1) is 11.5 Å². The summed E-state index contributed by atoms with van der Waals surface area (Å²) in [6, 6.07) is 10.3. The second kappa shape index (κ2) is 7.17. The Morgan fingerprint density at radius 2 is 2.00 bits per heavy atom. The van der Waals surface area contributed by atoms with E-state index in [4.69, 9.17) is 10.5 Å². The molecule has 3 N–H and O–H groups in total. The van der Waals surface area contributed by atoms with Crippen LogP contribution in [0.15, 0.2) is 46.6 Å². The number of pyridine rings is 1. The third kappa shape index (κ3) is 3.39. The molecule has 0 saturated carbocycles. The number of phenols is 1. The number of benzene rings is 1. The molecule has 0 aliphatic carbocycles. The molecule has 7 heteroatoms. The quantitative estimate of drug-likeness (QED) is 0.852. The lowest BCUT2D eigenvalue weighted by atomic mass is 9.84. The highest BCUT2D eigenvalue weighted by atomic mass is 16.5. The van der Waals surface area contributed by atoms with Gasteiger partial charge in [0.2, 0.25) is 5.88 Å². The van der Waals surface area contributed by atoms with Crippen molar-refractivity contribution in [1.82, 2.24) is 9.47 Å². The van der Waals surface area contributed by atoms with Gasteiger partial charge in [-0.1, -0.05) is 12.1 Å². The first-order valence-corrected chi connectivity index (χ1v) is 8.59. The van der Waals surface area contributed by atoms with Crippen molar-refractivity contribution in [3.05, 3.63) is 69.0 Å². The summed E-state index contributed by atoms with van der Waals surface area (Å²) in [5, 5.41) is 19.2. The number of rotatable bonds is 4. The summed E-state index contributed by atoms with van der Waals surface area (Å²) in [4.78, 5) is 15.3. The summed E-state index contributed by atoms with van der Waals surface area (Å²) in [7, 11) is 3.89. The van der Waals surface area contributed by atoms with Gasteiger partial charge < -0.3 is 25.0 Å². The zero-order valence-electron chi connectivity index (χ0n) is 15.6. The lowest BCUT2D eigenvalue weighted by molar-refractivity contribution is 0.369. The molecule has 1 aliphatic rings. The number of hydrogen-bond donors (Lipinski definition) is 2. The molecule has 140 valence electrons. The van der Waals surface area contributed by atoms with Crippen LogP contribution in [-0.4, -0.2) is 35.2 Å². The van der Waals surface area contributed by atoms with Crippen LogP contribution in [-0.2, 0) is 6.54 Å². The van der Waals surface area contributed by atoms with E-state index < -0.39 is 5.92 Å². The van der Waals surface area contributed by atoms with Gasteiger partial charge in [-0.3, -0.25) is 4.79 Å². The molecule has 27 heavy (non-hydrogen) atoms. The van der Waals surface area contributed by atoms with Crippen LogP contribution in [0.1, 0.15) is 22.7 Å². The molecule has 7 nitrogen and oxygen atoms in total. The van der Waals surface area contributed by atoms with Crippen LogP contribution < -0.4 is 16.0 Å². The van der Waals surface area contributed by atoms with Crippen molar-refractivity contribution in [3.8, 4) is 17.6 Å². The van der Waals surface area contributed by atoms with E-state index in [1.165, 1.54) is 12.1 Å². The number of phenolic OH excluding ortho intramolecular Hbond substituents is 1. The van der Waals surface area contributed by atoms with Crippen molar-refractivity contribution < 1.29 is 9.84 Å². The maximum atomic E-state index is 13.3. The summed E-state index contributed by atoms with van der Waals surface area (Å²) in [5.74, 6) is -0.173. The Bertz CT molecular complexity index is 998. The van der Waals surface area contributed by atoms with Gasteiger partial charge in [0.15, 0.2) is 0 Å². The van der Waals surface area contributed by atoms with E-state index in [2.05, 4.69) is 6.07 Å². The first-order chi connectivity index (χ1) is 12.8. The number of ether oxygens (including phenoxy) is 1. The predicted molar refractivity (Wildman–Crippen MR) is 101 cm³/mol. The van der Waals surface area contributed by atoms with Crippen LogP contribution in [0.25, 0.3) is 0 Å². The number of aryl methyl sites for hydroxylation is 1. The van der Waals surface area contributed by atoms with Crippen molar-refractivity contribution in [1.29, 1.82) is 5.26 Å². The number of hydrogen-bond acceptors (Lipinski definition) is 6. The number of nitrogens with zero attached hydrogens (tertiary/aromatic N) is 3. The fourth-order valence-corrected chi connectivity index (χ4v) is 3.26. The molecule has 2 aromatic rings. The van der Waals surface area contributed by atoms with Crippen LogP contribution in [0.3, 0.4) is 0 Å². The van der Waals surface area contributed by atoms with E-state index in [0.717, 1.165) is 5.69 Å². The minimum absolute atomic E-state index is 0.00656. The van der Waals surface area contributed by atoms with Gasteiger partial charge in [-0.25, -0.2) is 0 Å². The van der Waals surface area contributed by atoms with Gasteiger partial charge in [-0.05, 0) is 38.7 Å². The van der Waals surface area contributed by atoms with Gasteiger partial charge >= 0.3 is 0 Å². The Kier molecular flexibility index (Phi) is 4.93. The van der Waals surface area contributed by atoms with Crippen LogP contribution in [0.2, 0.25) is 0 Å². The summed E-state index contributed by atoms with van der Waals surface area (Å²) < 4.78 is 7.30. The van der Waals surface area contributed by atoms with Crippen LogP contribution in [0, 0.1) is 18.3 Å². The number of allylic oxidation sites excluding steroid dienone is 1. The number of aromatic nitrogens is 1. The average Bonchev–Trinajstić information content (AvgIpc) is 2.61. The Morgan fingerprint density at radius 3 is 2.59 bits per heavy atom. The molecule has 0 saturated heterocycles. The molecule has 1 aromatic heterocycles. The summed E-state index contributed by atoms with van der Waals surface area (Å²) in [6.45, 7) is 3.07. The molecule has 0 spiro atoms. The van der Waals surface area contributed by atoms with Crippen molar-refractivity contribution in [2.45, 2.75) is 19.4 Å². The van der Waals surface area contributed by atoms with E-state index in [9.17, 15) is 15.2 Å². The standard InChI is InChI=1S/C20H22N4O3/c1-12-10-16-18(20(26)24(12)9-8-23(2)3)17(15(11-21)19(22)27-16)13-4-6-14(25)7-5-13/h4-7,10,17,25H,8-9,22H2,1-3H3. The Morgan fingerprint density at radius 1 is 1.33 bits per heavy atom. The molecule has 0 bridgehead atoms. The number of aromatic hydroxyl groups is 1. The van der Waals surface area contributed by atoms with Gasteiger partial charge in [0.1, 0.15) is 23.1 Å². The minimum Gasteiger partial charge on any atom is -0.508 e. The van der Waals surface area contributed by atoms with Crippen LogP contribution in [0.5, 0.6) is 11.5 Å². The number of likely N-dealkylation sites (N-methyl/N-ethyl adjacent to an activating group) is 1. The Balaban J connectivity index is 2.22. The van der Waals surface area contributed by atoms with Crippen molar-refractivity contribution in [2.24, 2.45) is 5.73 Å². The van der Waals surface area contributed by atoms with E-state index in [1.54, 1.807) is 22.8 Å². The summed E-state index contributed by atoms with van der Waals surface area (Å²) >= 11 is 0. The molecule has 1 unspecified atom stereocenters. The van der Waals surface area contributed by atoms with Crippen molar-refractivity contribution >= 4 is 0 Å². The van der Waals surface area contributed by atoms with Crippen molar-refractivity contribution in [2.75, 3.05) is 20.6 Å². The monoisotopic (exact) mass is 366 g/mol. The Labute approximate surface area is 157 Å². The molecule has 3 rings (SSSR count). The zero-order valence-corrected chi connectivity index (χ0v) is 15.6. The highest BCUT2D eigenvalue weighted by Gasteiger charge is 2.34. The van der Waals surface area contributed by atoms with E-state index in [0.29, 0.717) is 30.0 Å². The van der Waals surface area contributed by atoms with Gasteiger partial charge in [-0.2, -0.15) is 5.26 Å². The molecular weight excluding hydrogens is 344 g/mol. The second-order valence-corrected chi connectivity index (χ2v) is 6.84. The smallest absolute Gasteiger partial charge is 0.258 e. The maximum Gasteiger partial charge on any atom is 0.258 e. The highest BCUT2D eigenvalue weighted by Crippen LogP contribution is 2.40.